The lowest BCUT2D eigenvalue weighted by Crippen LogP contribution is -1.94. The number of methoxy groups -OCH3 is 1. The number of aromatic amines is 1. The number of aliphatic hydroxyl groups excluding tert-OH is 1. The van der Waals surface area contributed by atoms with E-state index in [1.807, 2.05) is 17.5 Å². The van der Waals surface area contributed by atoms with Gasteiger partial charge in [-0.15, -0.1) is 11.3 Å². The molecule has 0 amide bonds. The van der Waals surface area contributed by atoms with E-state index in [0.29, 0.717) is 0 Å². The maximum atomic E-state index is 9.92. The first kappa shape index (κ1) is 9.30. The van der Waals surface area contributed by atoms with Gasteiger partial charge in [0, 0.05) is 28.2 Å². The van der Waals surface area contributed by atoms with Gasteiger partial charge in [-0.3, -0.25) is 0 Å². The van der Waals surface area contributed by atoms with Crippen LogP contribution in [0.1, 0.15) is 16.5 Å². The molecule has 0 spiro atoms. The molecule has 1 atom stereocenters. The Balaban J connectivity index is 2.23. The Hall–Kier alpha value is -1.26. The molecular formula is C10H11NO2S. The maximum absolute atomic E-state index is 9.92. The fraction of sp³-hybridized carbons (Fsp3) is 0.200. The zero-order valence-electron chi connectivity index (χ0n) is 7.73. The number of thiophene rings is 1. The highest BCUT2D eigenvalue weighted by atomic mass is 32.1. The average molecular weight is 209 g/mol. The van der Waals surface area contributed by atoms with Crippen molar-refractivity contribution in [2.24, 2.45) is 0 Å². The van der Waals surface area contributed by atoms with Crippen molar-refractivity contribution in [2.45, 2.75) is 6.10 Å². The van der Waals surface area contributed by atoms with Gasteiger partial charge in [-0.1, -0.05) is 0 Å². The summed E-state index contributed by atoms with van der Waals surface area (Å²) in [4.78, 5) is 3.80. The van der Waals surface area contributed by atoms with Crippen LogP contribution >= 0.6 is 11.3 Å². The van der Waals surface area contributed by atoms with Gasteiger partial charge in [-0.05, 0) is 12.1 Å². The second kappa shape index (κ2) is 3.86. The summed E-state index contributed by atoms with van der Waals surface area (Å²) in [5, 5.41) is 11.8. The molecule has 2 heterocycles. The van der Waals surface area contributed by atoms with Gasteiger partial charge in [0.05, 0.1) is 7.11 Å². The predicted octanol–water partition coefficient (Wildman–Crippen LogP) is 2.17. The largest absolute Gasteiger partial charge is 0.496 e. The zero-order chi connectivity index (χ0) is 9.97. The minimum absolute atomic E-state index is 0.560. The molecule has 3 nitrogen and oxygen atoms in total. The first-order valence-electron chi connectivity index (χ1n) is 4.24. The molecule has 14 heavy (non-hydrogen) atoms. The predicted molar refractivity (Wildman–Crippen MR) is 55.7 cm³/mol. The number of rotatable bonds is 3. The van der Waals surface area contributed by atoms with Gasteiger partial charge in [0.25, 0.3) is 0 Å². The van der Waals surface area contributed by atoms with E-state index in [2.05, 4.69) is 4.98 Å². The molecule has 2 rings (SSSR count). The van der Waals surface area contributed by atoms with Crippen LogP contribution in [0.4, 0.5) is 0 Å². The molecule has 2 aromatic heterocycles. The maximum Gasteiger partial charge on any atom is 0.129 e. The Morgan fingerprint density at radius 1 is 1.57 bits per heavy atom. The number of ether oxygens (including phenoxy) is 1. The quantitative estimate of drug-likeness (QED) is 0.813. The van der Waals surface area contributed by atoms with E-state index in [1.54, 1.807) is 19.5 Å². The molecule has 74 valence electrons. The first-order valence-corrected chi connectivity index (χ1v) is 5.12. The van der Waals surface area contributed by atoms with E-state index in [9.17, 15) is 5.11 Å². The molecule has 0 bridgehead atoms. The third-order valence-corrected chi connectivity index (χ3v) is 3.00. The lowest BCUT2D eigenvalue weighted by Gasteiger charge is -2.04. The summed E-state index contributed by atoms with van der Waals surface area (Å²) in [6, 6.07) is 3.71. The molecular weight excluding hydrogens is 198 g/mol. The molecule has 0 aromatic carbocycles. The minimum Gasteiger partial charge on any atom is -0.496 e. The monoisotopic (exact) mass is 209 g/mol. The zero-order valence-corrected chi connectivity index (χ0v) is 8.54. The van der Waals surface area contributed by atoms with Crippen molar-refractivity contribution in [1.82, 2.24) is 4.98 Å². The summed E-state index contributed by atoms with van der Waals surface area (Å²) in [5.41, 5.74) is 0.870. The molecule has 0 aliphatic carbocycles. The Morgan fingerprint density at radius 3 is 3.00 bits per heavy atom. The molecule has 0 radical (unpaired) electrons. The molecule has 0 aliphatic heterocycles. The summed E-state index contributed by atoms with van der Waals surface area (Å²) < 4.78 is 5.05. The van der Waals surface area contributed by atoms with Crippen molar-refractivity contribution in [1.29, 1.82) is 0 Å². The van der Waals surface area contributed by atoms with Crippen molar-refractivity contribution in [3.05, 3.63) is 40.3 Å². The first-order chi connectivity index (χ1) is 6.81. The smallest absolute Gasteiger partial charge is 0.129 e. The molecule has 0 saturated heterocycles. The van der Waals surface area contributed by atoms with E-state index in [4.69, 9.17) is 4.74 Å². The number of aliphatic hydroxyl groups is 1. The molecule has 1 unspecified atom stereocenters. The van der Waals surface area contributed by atoms with E-state index in [-0.39, 0.29) is 0 Å². The number of nitrogens with one attached hydrogen (secondary N) is 1. The highest BCUT2D eigenvalue weighted by molar-refractivity contribution is 7.10. The molecule has 2 aromatic rings. The van der Waals surface area contributed by atoms with Crippen LogP contribution in [0, 0.1) is 0 Å². The van der Waals surface area contributed by atoms with Gasteiger partial charge < -0.3 is 14.8 Å². The second-order valence-corrected chi connectivity index (χ2v) is 3.88. The van der Waals surface area contributed by atoms with Gasteiger partial charge in [-0.2, -0.15) is 0 Å². The summed E-state index contributed by atoms with van der Waals surface area (Å²) in [7, 11) is 1.62. The Kier molecular flexibility index (Phi) is 2.56. The van der Waals surface area contributed by atoms with Gasteiger partial charge in [0.15, 0.2) is 0 Å². The van der Waals surface area contributed by atoms with Gasteiger partial charge in [0.1, 0.15) is 11.9 Å². The topological polar surface area (TPSA) is 45.2 Å². The Labute approximate surface area is 86.0 Å². The summed E-state index contributed by atoms with van der Waals surface area (Å²) >= 11 is 1.49. The minimum atomic E-state index is -0.560. The summed E-state index contributed by atoms with van der Waals surface area (Å²) in [6.07, 6.45) is 3.02. The summed E-state index contributed by atoms with van der Waals surface area (Å²) in [5.74, 6) is 0.791. The van der Waals surface area contributed by atoms with Crippen LogP contribution in [0.15, 0.2) is 29.9 Å². The van der Waals surface area contributed by atoms with Crippen LogP contribution in [-0.2, 0) is 0 Å². The average Bonchev–Trinajstić information content (AvgIpc) is 2.88. The standard InChI is InChI=1S/C10H11NO2S/c1-13-8-4-9(14-6-8)10(12)7-2-3-11-5-7/h2-6,10-12H,1H3. The van der Waals surface area contributed by atoms with E-state index >= 15 is 0 Å². The fourth-order valence-corrected chi connectivity index (χ4v) is 2.12. The Morgan fingerprint density at radius 2 is 2.43 bits per heavy atom. The van der Waals surface area contributed by atoms with E-state index in [0.717, 1.165) is 16.2 Å². The van der Waals surface area contributed by atoms with E-state index < -0.39 is 6.10 Å². The van der Waals surface area contributed by atoms with Crippen molar-refractivity contribution >= 4 is 11.3 Å². The highest BCUT2D eigenvalue weighted by Crippen LogP contribution is 2.30. The molecule has 0 aliphatic rings. The van der Waals surface area contributed by atoms with Gasteiger partial charge >= 0.3 is 0 Å². The SMILES string of the molecule is COc1csc(C(O)c2cc[nH]c2)c1. The summed E-state index contributed by atoms with van der Waals surface area (Å²) in [6.45, 7) is 0. The van der Waals surface area contributed by atoms with Crippen molar-refractivity contribution in [2.75, 3.05) is 7.11 Å². The van der Waals surface area contributed by atoms with Crippen LogP contribution in [-0.4, -0.2) is 17.2 Å². The molecule has 4 heteroatoms. The molecule has 0 fully saturated rings. The van der Waals surface area contributed by atoms with Crippen LogP contribution in [0.2, 0.25) is 0 Å². The van der Waals surface area contributed by atoms with Crippen molar-refractivity contribution in [3.63, 3.8) is 0 Å². The molecule has 2 N–H and O–H groups in total. The lowest BCUT2D eigenvalue weighted by molar-refractivity contribution is 0.224. The van der Waals surface area contributed by atoms with E-state index in [1.165, 1.54) is 11.3 Å². The number of hydrogen-bond donors (Lipinski definition) is 2. The second-order valence-electron chi connectivity index (χ2n) is 2.94. The van der Waals surface area contributed by atoms with Crippen LogP contribution in [0.25, 0.3) is 0 Å². The van der Waals surface area contributed by atoms with Crippen molar-refractivity contribution in [3.8, 4) is 5.75 Å². The number of H-pyrrole nitrogens is 1. The van der Waals surface area contributed by atoms with Gasteiger partial charge in [0.2, 0.25) is 0 Å². The third kappa shape index (κ3) is 1.66. The lowest BCUT2D eigenvalue weighted by atomic mass is 10.1. The fourth-order valence-electron chi connectivity index (χ4n) is 1.26. The Bertz CT molecular complexity index is 394. The van der Waals surface area contributed by atoms with Gasteiger partial charge in [-0.25, -0.2) is 0 Å². The number of aromatic nitrogens is 1. The third-order valence-electron chi connectivity index (χ3n) is 2.04. The van der Waals surface area contributed by atoms with Crippen molar-refractivity contribution < 1.29 is 9.84 Å². The molecule has 0 saturated carbocycles. The number of hydrogen-bond acceptors (Lipinski definition) is 3. The normalized spacial score (nSPS) is 12.7. The van der Waals surface area contributed by atoms with Crippen LogP contribution < -0.4 is 4.74 Å². The highest BCUT2D eigenvalue weighted by Gasteiger charge is 2.13. The van der Waals surface area contributed by atoms with Crippen LogP contribution in [0.3, 0.4) is 0 Å². The van der Waals surface area contributed by atoms with Crippen LogP contribution in [0.5, 0.6) is 5.75 Å².